The molecule has 0 spiro atoms. The maximum Gasteiger partial charge on any atom is 0.345 e. The van der Waals surface area contributed by atoms with E-state index in [-0.39, 0.29) is 41.7 Å². The van der Waals surface area contributed by atoms with Gasteiger partial charge >= 0.3 is 5.97 Å². The molecule has 2 aromatic heterocycles. The number of thiazole rings is 1. The van der Waals surface area contributed by atoms with E-state index in [1.54, 1.807) is 11.6 Å². The van der Waals surface area contributed by atoms with Crippen molar-refractivity contribution in [3.05, 3.63) is 61.5 Å². The molecule has 10 nitrogen and oxygen atoms in total. The van der Waals surface area contributed by atoms with Crippen molar-refractivity contribution in [2.45, 2.75) is 6.61 Å². The number of nitro groups is 1. The highest BCUT2D eigenvalue weighted by Gasteiger charge is 2.28. The number of benzene rings is 1. The van der Waals surface area contributed by atoms with Gasteiger partial charge in [-0.2, -0.15) is 0 Å². The molecule has 0 fully saturated rings. The number of carbonyl (C=O) groups is 1. The van der Waals surface area contributed by atoms with Gasteiger partial charge in [0.2, 0.25) is 6.79 Å². The summed E-state index contributed by atoms with van der Waals surface area (Å²) in [7, 11) is 0. The number of hydrogen-bond acceptors (Lipinski definition) is 9. The predicted octanol–water partition coefficient (Wildman–Crippen LogP) is 1.75. The average molecular weight is 375 g/mol. The number of fused-ring (bicyclic) bond motifs is 2. The highest BCUT2D eigenvalue weighted by atomic mass is 32.1. The van der Waals surface area contributed by atoms with Crippen molar-refractivity contribution in [1.82, 2.24) is 9.38 Å². The van der Waals surface area contributed by atoms with Crippen molar-refractivity contribution in [2.24, 2.45) is 0 Å². The van der Waals surface area contributed by atoms with Crippen molar-refractivity contribution < 1.29 is 23.9 Å². The molecule has 1 aliphatic heterocycles. The van der Waals surface area contributed by atoms with E-state index >= 15 is 0 Å². The first-order valence-corrected chi connectivity index (χ1v) is 8.12. The summed E-state index contributed by atoms with van der Waals surface area (Å²) in [6.45, 7) is -0.381. The fourth-order valence-corrected chi connectivity index (χ4v) is 3.16. The monoisotopic (exact) mass is 375 g/mol. The zero-order chi connectivity index (χ0) is 18.3. The van der Waals surface area contributed by atoms with Crippen molar-refractivity contribution >= 4 is 28.0 Å². The van der Waals surface area contributed by atoms with Crippen LogP contribution in [-0.4, -0.2) is 27.1 Å². The molecule has 132 valence electrons. The smallest absolute Gasteiger partial charge is 0.345 e. The number of hydrogen-bond donors (Lipinski definition) is 0. The van der Waals surface area contributed by atoms with Crippen LogP contribution in [0.5, 0.6) is 11.5 Å². The molecule has 0 radical (unpaired) electrons. The summed E-state index contributed by atoms with van der Waals surface area (Å²) in [5, 5.41) is 12.9. The average Bonchev–Trinajstić information content (AvgIpc) is 3.27. The van der Waals surface area contributed by atoms with E-state index in [2.05, 4.69) is 4.98 Å². The Kier molecular flexibility index (Phi) is 3.77. The first-order chi connectivity index (χ1) is 12.5. The molecule has 1 aliphatic rings. The van der Waals surface area contributed by atoms with Gasteiger partial charge in [-0.15, -0.1) is 11.3 Å². The van der Waals surface area contributed by atoms with E-state index in [0.717, 1.165) is 6.07 Å². The van der Waals surface area contributed by atoms with E-state index in [1.165, 1.54) is 27.9 Å². The molecule has 3 aromatic rings. The van der Waals surface area contributed by atoms with Gasteiger partial charge in [-0.1, -0.05) is 0 Å². The first kappa shape index (κ1) is 16.0. The molecule has 0 atom stereocenters. The molecule has 4 rings (SSSR count). The highest BCUT2D eigenvalue weighted by Crippen LogP contribution is 2.38. The molecular formula is C15H9N3O7S. The van der Waals surface area contributed by atoms with Crippen LogP contribution in [0.1, 0.15) is 16.1 Å². The summed E-state index contributed by atoms with van der Waals surface area (Å²) in [6, 6.07) is 3.55. The number of nitrogens with zero attached hydrogens (tertiary/aromatic N) is 3. The number of rotatable bonds is 4. The Morgan fingerprint density at radius 1 is 1.35 bits per heavy atom. The quantitative estimate of drug-likeness (QED) is 0.384. The van der Waals surface area contributed by atoms with Crippen LogP contribution in [-0.2, 0) is 11.3 Å². The summed E-state index contributed by atoms with van der Waals surface area (Å²) in [5.41, 5.74) is -0.792. The van der Waals surface area contributed by atoms with Gasteiger partial charge in [0.05, 0.1) is 16.7 Å². The molecule has 11 heteroatoms. The molecule has 0 bridgehead atoms. The highest BCUT2D eigenvalue weighted by molar-refractivity contribution is 7.15. The van der Waals surface area contributed by atoms with Gasteiger partial charge in [0, 0.05) is 23.7 Å². The second kappa shape index (κ2) is 6.11. The number of nitro benzene ring substituents is 1. The van der Waals surface area contributed by atoms with Crippen molar-refractivity contribution in [1.29, 1.82) is 0 Å². The Hall–Kier alpha value is -3.47. The molecule has 3 heterocycles. The van der Waals surface area contributed by atoms with Crippen LogP contribution in [0.3, 0.4) is 0 Å². The van der Waals surface area contributed by atoms with Gasteiger partial charge < -0.3 is 14.2 Å². The summed E-state index contributed by atoms with van der Waals surface area (Å²) < 4.78 is 16.7. The number of carbonyl (C=O) groups excluding carboxylic acids is 1. The lowest BCUT2D eigenvalue weighted by Crippen LogP contribution is -2.15. The van der Waals surface area contributed by atoms with E-state index in [9.17, 15) is 19.7 Å². The Balaban J connectivity index is 1.60. The zero-order valence-corrected chi connectivity index (χ0v) is 13.7. The normalized spacial score (nSPS) is 12.3. The lowest BCUT2D eigenvalue weighted by atomic mass is 10.1. The molecule has 0 amide bonds. The molecule has 0 N–H and O–H groups in total. The minimum atomic E-state index is -0.928. The van der Waals surface area contributed by atoms with Gasteiger partial charge in [0.15, 0.2) is 16.5 Å². The van der Waals surface area contributed by atoms with Crippen LogP contribution in [0, 0.1) is 10.1 Å². The minimum Gasteiger partial charge on any atom is -0.455 e. The topological polar surface area (TPSA) is 122 Å². The van der Waals surface area contributed by atoms with Gasteiger partial charge in [-0.3, -0.25) is 19.3 Å². The lowest BCUT2D eigenvalue weighted by molar-refractivity contribution is -0.385. The van der Waals surface area contributed by atoms with Gasteiger partial charge in [0.25, 0.3) is 11.2 Å². The van der Waals surface area contributed by atoms with Gasteiger partial charge in [-0.05, 0) is 0 Å². The SMILES string of the molecule is O=C(OCc1cc(=O)n2ccsc2n1)c1cc2c(cc1[N+](=O)[O-])OCO2. The van der Waals surface area contributed by atoms with Crippen LogP contribution in [0.4, 0.5) is 5.69 Å². The van der Waals surface area contributed by atoms with Crippen molar-refractivity contribution in [3.8, 4) is 11.5 Å². The maximum absolute atomic E-state index is 12.3. The van der Waals surface area contributed by atoms with E-state index < -0.39 is 16.6 Å². The summed E-state index contributed by atoms with van der Waals surface area (Å²) in [4.78, 5) is 39.4. The Labute approximate surface area is 148 Å². The maximum atomic E-state index is 12.3. The van der Waals surface area contributed by atoms with Crippen LogP contribution in [0.15, 0.2) is 34.6 Å². The second-order valence-corrected chi connectivity index (χ2v) is 6.07. The number of aromatic nitrogens is 2. The Morgan fingerprint density at radius 3 is 2.88 bits per heavy atom. The molecule has 0 saturated carbocycles. The fourth-order valence-electron chi connectivity index (χ4n) is 2.42. The lowest BCUT2D eigenvalue weighted by Gasteiger charge is -2.06. The molecule has 0 saturated heterocycles. The number of esters is 1. The molecule has 26 heavy (non-hydrogen) atoms. The van der Waals surface area contributed by atoms with Gasteiger partial charge in [-0.25, -0.2) is 9.78 Å². The first-order valence-electron chi connectivity index (χ1n) is 7.24. The van der Waals surface area contributed by atoms with E-state index in [4.69, 9.17) is 14.2 Å². The molecule has 1 aromatic carbocycles. The van der Waals surface area contributed by atoms with Crippen LogP contribution in [0.2, 0.25) is 0 Å². The van der Waals surface area contributed by atoms with Crippen LogP contribution in [0.25, 0.3) is 4.96 Å². The van der Waals surface area contributed by atoms with Crippen molar-refractivity contribution in [2.75, 3.05) is 6.79 Å². The third-order valence-corrected chi connectivity index (χ3v) is 4.37. The predicted molar refractivity (Wildman–Crippen MR) is 87.7 cm³/mol. The second-order valence-electron chi connectivity index (χ2n) is 5.20. The van der Waals surface area contributed by atoms with E-state index in [0.29, 0.717) is 4.96 Å². The minimum absolute atomic E-state index is 0.0837. The third kappa shape index (κ3) is 2.73. The summed E-state index contributed by atoms with van der Waals surface area (Å²) in [6.07, 6.45) is 1.58. The fraction of sp³-hybridized carbons (Fsp3) is 0.133. The van der Waals surface area contributed by atoms with Crippen LogP contribution >= 0.6 is 11.3 Å². The third-order valence-electron chi connectivity index (χ3n) is 3.61. The van der Waals surface area contributed by atoms with Crippen molar-refractivity contribution in [3.63, 3.8) is 0 Å². The Bertz CT molecular complexity index is 1100. The summed E-state index contributed by atoms with van der Waals surface area (Å²) in [5.74, 6) is -0.520. The van der Waals surface area contributed by atoms with Gasteiger partial charge in [0.1, 0.15) is 12.2 Å². The number of ether oxygens (including phenoxy) is 3. The molecule has 0 unspecified atom stereocenters. The van der Waals surface area contributed by atoms with Crippen LogP contribution < -0.4 is 15.0 Å². The largest absolute Gasteiger partial charge is 0.455 e. The summed E-state index contributed by atoms with van der Waals surface area (Å²) >= 11 is 1.26. The standard InChI is InChI=1S/C15H9N3O7S/c19-13-3-8(16-15-17(13)1-2-26-15)6-23-14(20)9-4-11-12(25-7-24-11)5-10(9)18(21)22/h1-5H,6-7H2. The molecular weight excluding hydrogens is 366 g/mol. The van der Waals surface area contributed by atoms with E-state index in [1.807, 2.05) is 0 Å². The zero-order valence-electron chi connectivity index (χ0n) is 12.9. The molecule has 0 aliphatic carbocycles. The Morgan fingerprint density at radius 2 is 2.12 bits per heavy atom.